The third-order valence-electron chi connectivity index (χ3n) is 2.05. The summed E-state index contributed by atoms with van der Waals surface area (Å²) in [6.07, 6.45) is 0. The summed E-state index contributed by atoms with van der Waals surface area (Å²) in [6.45, 7) is 1.66. The lowest BCUT2D eigenvalue weighted by molar-refractivity contribution is 0.636. The lowest BCUT2D eigenvalue weighted by Crippen LogP contribution is -2.09. The molecule has 1 aromatic heterocycles. The van der Waals surface area contributed by atoms with E-state index in [1.54, 1.807) is 19.1 Å². The van der Waals surface area contributed by atoms with Crippen LogP contribution in [0.5, 0.6) is 0 Å². The summed E-state index contributed by atoms with van der Waals surface area (Å²) in [5.74, 6) is -0.510. The molecule has 0 atom stereocenters. The molecule has 0 aliphatic rings. The number of fused-ring (bicyclic) bond motifs is 1. The first-order chi connectivity index (χ1) is 6.58. The topological polar surface area (TPSA) is 32.9 Å². The SMILES string of the molecule is Cc1cc2cc(Cl)cc(F)c2[nH]c1=O. The molecule has 2 aromatic rings. The van der Waals surface area contributed by atoms with E-state index in [-0.39, 0.29) is 11.1 Å². The summed E-state index contributed by atoms with van der Waals surface area (Å²) < 4.78 is 13.3. The number of nitrogens with one attached hydrogen (secondary N) is 1. The predicted octanol–water partition coefficient (Wildman–Crippen LogP) is 2.63. The average molecular weight is 212 g/mol. The molecule has 0 amide bonds. The molecule has 2 nitrogen and oxygen atoms in total. The summed E-state index contributed by atoms with van der Waals surface area (Å²) in [7, 11) is 0. The number of aromatic amines is 1. The molecule has 1 aromatic carbocycles. The Kier molecular flexibility index (Phi) is 2.04. The normalized spacial score (nSPS) is 10.8. The van der Waals surface area contributed by atoms with Gasteiger partial charge in [-0.3, -0.25) is 4.79 Å². The van der Waals surface area contributed by atoms with Gasteiger partial charge in [0.2, 0.25) is 0 Å². The van der Waals surface area contributed by atoms with Crippen molar-refractivity contribution in [3.05, 3.63) is 45.0 Å². The Balaban J connectivity index is 2.96. The van der Waals surface area contributed by atoms with Crippen molar-refractivity contribution < 1.29 is 4.39 Å². The van der Waals surface area contributed by atoms with Crippen molar-refractivity contribution in [1.82, 2.24) is 4.98 Å². The van der Waals surface area contributed by atoms with Crippen LogP contribution in [0.2, 0.25) is 5.02 Å². The molecule has 0 saturated carbocycles. The van der Waals surface area contributed by atoms with Crippen LogP contribution in [0.3, 0.4) is 0 Å². The molecule has 1 N–H and O–H groups in total. The number of benzene rings is 1. The van der Waals surface area contributed by atoms with Gasteiger partial charge < -0.3 is 4.98 Å². The second kappa shape index (κ2) is 3.10. The fourth-order valence-corrected chi connectivity index (χ4v) is 1.56. The Morgan fingerprint density at radius 1 is 1.36 bits per heavy atom. The first-order valence-electron chi connectivity index (χ1n) is 4.06. The van der Waals surface area contributed by atoms with E-state index < -0.39 is 5.82 Å². The van der Waals surface area contributed by atoms with E-state index in [1.807, 2.05) is 0 Å². The van der Waals surface area contributed by atoms with Crippen LogP contribution in [-0.4, -0.2) is 4.98 Å². The molecule has 72 valence electrons. The van der Waals surface area contributed by atoms with Crippen molar-refractivity contribution in [3.63, 3.8) is 0 Å². The number of aryl methyl sites for hydroxylation is 1. The molecule has 0 radical (unpaired) electrons. The molecule has 0 fully saturated rings. The third kappa shape index (κ3) is 1.40. The highest BCUT2D eigenvalue weighted by Gasteiger charge is 2.05. The van der Waals surface area contributed by atoms with E-state index >= 15 is 0 Å². The van der Waals surface area contributed by atoms with E-state index in [4.69, 9.17) is 11.6 Å². The number of rotatable bonds is 0. The average Bonchev–Trinajstić information content (AvgIpc) is 2.08. The fraction of sp³-hybridized carbons (Fsp3) is 0.100. The maximum atomic E-state index is 13.3. The number of aromatic nitrogens is 1. The maximum Gasteiger partial charge on any atom is 0.251 e. The van der Waals surface area contributed by atoms with E-state index in [9.17, 15) is 9.18 Å². The Morgan fingerprint density at radius 3 is 2.79 bits per heavy atom. The zero-order chi connectivity index (χ0) is 10.3. The molecular formula is C10H7ClFNO. The Hall–Kier alpha value is -1.35. The highest BCUT2D eigenvalue weighted by molar-refractivity contribution is 6.31. The molecule has 0 spiro atoms. The Bertz CT molecular complexity index is 562. The van der Waals surface area contributed by atoms with Gasteiger partial charge >= 0.3 is 0 Å². The minimum absolute atomic E-state index is 0.199. The zero-order valence-corrected chi connectivity index (χ0v) is 8.15. The maximum absolute atomic E-state index is 13.3. The second-order valence-corrected chi connectivity index (χ2v) is 3.57. The van der Waals surface area contributed by atoms with Crippen molar-refractivity contribution in [2.45, 2.75) is 6.92 Å². The molecule has 0 aliphatic carbocycles. The van der Waals surface area contributed by atoms with Gasteiger partial charge in [0.15, 0.2) is 0 Å². The molecule has 4 heteroatoms. The van der Waals surface area contributed by atoms with Gasteiger partial charge in [-0.25, -0.2) is 4.39 Å². The fourth-order valence-electron chi connectivity index (χ4n) is 1.35. The number of H-pyrrole nitrogens is 1. The largest absolute Gasteiger partial charge is 0.319 e. The monoisotopic (exact) mass is 211 g/mol. The highest BCUT2D eigenvalue weighted by Crippen LogP contribution is 2.20. The van der Waals surface area contributed by atoms with Gasteiger partial charge in [0.25, 0.3) is 5.56 Å². The van der Waals surface area contributed by atoms with Crippen LogP contribution in [0.25, 0.3) is 10.9 Å². The molecule has 0 aliphatic heterocycles. The number of hydrogen-bond donors (Lipinski definition) is 1. The summed E-state index contributed by atoms with van der Waals surface area (Å²) in [4.78, 5) is 13.7. The van der Waals surface area contributed by atoms with Gasteiger partial charge in [-0.05, 0) is 25.1 Å². The Morgan fingerprint density at radius 2 is 2.07 bits per heavy atom. The van der Waals surface area contributed by atoms with Crippen molar-refractivity contribution in [1.29, 1.82) is 0 Å². The highest BCUT2D eigenvalue weighted by atomic mass is 35.5. The molecule has 2 rings (SSSR count). The van der Waals surface area contributed by atoms with E-state index in [0.717, 1.165) is 0 Å². The summed E-state index contributed by atoms with van der Waals surface area (Å²) in [6, 6.07) is 4.40. The first-order valence-corrected chi connectivity index (χ1v) is 4.44. The lowest BCUT2D eigenvalue weighted by Gasteiger charge is -2.01. The Labute approximate surface area is 84.3 Å². The van der Waals surface area contributed by atoms with Crippen LogP contribution in [0.15, 0.2) is 23.0 Å². The molecule has 0 unspecified atom stereocenters. The second-order valence-electron chi connectivity index (χ2n) is 3.13. The molecular weight excluding hydrogens is 205 g/mol. The smallest absolute Gasteiger partial charge is 0.251 e. The summed E-state index contributed by atoms with van der Waals surface area (Å²) in [5, 5.41) is 0.925. The van der Waals surface area contributed by atoms with Crippen molar-refractivity contribution in [2.75, 3.05) is 0 Å². The van der Waals surface area contributed by atoms with Crippen molar-refractivity contribution in [3.8, 4) is 0 Å². The quantitative estimate of drug-likeness (QED) is 0.714. The minimum Gasteiger partial charge on any atom is -0.319 e. The lowest BCUT2D eigenvalue weighted by atomic mass is 10.1. The van der Waals surface area contributed by atoms with Gasteiger partial charge in [-0.2, -0.15) is 0 Å². The predicted molar refractivity (Wildman–Crippen MR) is 54.3 cm³/mol. The van der Waals surface area contributed by atoms with E-state index in [1.165, 1.54) is 6.07 Å². The standard InChI is InChI=1S/C10H7ClFNO/c1-5-2-6-3-7(11)4-8(12)9(6)13-10(5)14/h2-4H,1H3,(H,13,14). The van der Waals surface area contributed by atoms with E-state index in [0.29, 0.717) is 16.0 Å². The van der Waals surface area contributed by atoms with Crippen LogP contribution in [-0.2, 0) is 0 Å². The summed E-state index contributed by atoms with van der Waals surface area (Å²) in [5.41, 5.74) is 0.461. The van der Waals surface area contributed by atoms with E-state index in [2.05, 4.69) is 4.98 Å². The molecule has 14 heavy (non-hydrogen) atoms. The first kappa shape index (κ1) is 9.21. The number of hydrogen-bond acceptors (Lipinski definition) is 1. The van der Waals surface area contributed by atoms with Crippen molar-refractivity contribution in [2.24, 2.45) is 0 Å². The van der Waals surface area contributed by atoms with Gasteiger partial charge in [0.1, 0.15) is 5.82 Å². The molecule has 0 saturated heterocycles. The van der Waals surface area contributed by atoms with Gasteiger partial charge in [-0.1, -0.05) is 11.6 Å². The van der Waals surface area contributed by atoms with Crippen LogP contribution >= 0.6 is 11.6 Å². The van der Waals surface area contributed by atoms with Crippen molar-refractivity contribution >= 4 is 22.5 Å². The van der Waals surface area contributed by atoms with Gasteiger partial charge in [0, 0.05) is 16.0 Å². The molecule has 0 bridgehead atoms. The third-order valence-corrected chi connectivity index (χ3v) is 2.27. The van der Waals surface area contributed by atoms with Crippen LogP contribution in [0.1, 0.15) is 5.56 Å². The summed E-state index contributed by atoms with van der Waals surface area (Å²) >= 11 is 5.68. The van der Waals surface area contributed by atoms with Crippen LogP contribution < -0.4 is 5.56 Å². The van der Waals surface area contributed by atoms with Crippen LogP contribution in [0, 0.1) is 12.7 Å². The minimum atomic E-state index is -0.510. The number of pyridine rings is 1. The van der Waals surface area contributed by atoms with Crippen LogP contribution in [0.4, 0.5) is 4.39 Å². The molecule has 1 heterocycles. The number of halogens is 2. The van der Waals surface area contributed by atoms with Gasteiger partial charge in [0.05, 0.1) is 5.52 Å². The zero-order valence-electron chi connectivity index (χ0n) is 7.40. The van der Waals surface area contributed by atoms with Gasteiger partial charge in [-0.15, -0.1) is 0 Å².